The Balaban J connectivity index is 2.07. The quantitative estimate of drug-likeness (QED) is 0.456. The summed E-state index contributed by atoms with van der Waals surface area (Å²) < 4.78 is 42.8. The molecule has 2 N–H and O–H groups in total. The molecular weight excluding hydrogens is 510 g/mol. The molecule has 1 aromatic heterocycles. The number of carbonyl (C=O) groups excluding carboxylic acids is 2. The standard InChI is InChI=1S/C24H22ClN3O7S/c1-4-35-22-16(6-5-11-27-22)21-17-12-14(25)7-9-18(17)28(23(21)29,24(26)30)36(31,32)20-10-8-15(33-2)13-19(20)34-3/h5-13,21H,4H2,1-3H3,(H-,26,30)/p+1. The minimum Gasteiger partial charge on any atom is -0.497 e. The predicted octanol–water partition coefficient (Wildman–Crippen LogP) is 3.60. The van der Waals surface area contributed by atoms with E-state index in [4.69, 9.17) is 31.5 Å². The highest BCUT2D eigenvalue weighted by Gasteiger charge is 2.67. The zero-order chi connectivity index (χ0) is 26.3. The van der Waals surface area contributed by atoms with Crippen LogP contribution in [0, 0.1) is 0 Å². The molecule has 3 aromatic rings. The number of urea groups is 1. The van der Waals surface area contributed by atoms with Gasteiger partial charge in [0.15, 0.2) is 10.6 Å². The second-order valence-electron chi connectivity index (χ2n) is 7.74. The molecule has 2 aromatic carbocycles. The van der Waals surface area contributed by atoms with Gasteiger partial charge in [-0.25, -0.2) is 14.6 Å². The van der Waals surface area contributed by atoms with Crippen LogP contribution in [0.2, 0.25) is 5.02 Å². The summed E-state index contributed by atoms with van der Waals surface area (Å²) in [4.78, 5) is 31.2. The summed E-state index contributed by atoms with van der Waals surface area (Å²) in [5.74, 6) is -1.98. The van der Waals surface area contributed by atoms with Crippen LogP contribution in [-0.4, -0.2) is 46.2 Å². The molecule has 0 saturated heterocycles. The van der Waals surface area contributed by atoms with Crippen molar-refractivity contribution in [3.05, 3.63) is 70.9 Å². The van der Waals surface area contributed by atoms with Gasteiger partial charge in [-0.2, -0.15) is 8.42 Å². The molecule has 10 nitrogen and oxygen atoms in total. The Morgan fingerprint density at radius 2 is 1.86 bits per heavy atom. The van der Waals surface area contributed by atoms with E-state index in [9.17, 15) is 18.0 Å². The van der Waals surface area contributed by atoms with Crippen molar-refractivity contribution in [2.45, 2.75) is 17.7 Å². The number of sulfonamides is 1. The largest absolute Gasteiger partial charge is 0.497 e. The zero-order valence-electron chi connectivity index (χ0n) is 19.6. The third-order valence-corrected chi connectivity index (χ3v) is 8.32. The fourth-order valence-electron chi connectivity index (χ4n) is 4.39. The number of imide groups is 1. The Labute approximate surface area is 212 Å². The average molecular weight is 533 g/mol. The number of halogens is 1. The molecule has 12 heteroatoms. The maximum absolute atomic E-state index is 14.3. The van der Waals surface area contributed by atoms with Gasteiger partial charge in [0, 0.05) is 34.5 Å². The monoisotopic (exact) mass is 532 g/mol. The van der Waals surface area contributed by atoms with Crippen LogP contribution < -0.4 is 23.8 Å². The van der Waals surface area contributed by atoms with Crippen LogP contribution in [0.4, 0.5) is 10.5 Å². The number of rotatable bonds is 7. The van der Waals surface area contributed by atoms with Crippen molar-refractivity contribution in [1.82, 2.24) is 8.87 Å². The molecule has 0 radical (unpaired) electrons. The molecule has 1 aliphatic rings. The number of aromatic nitrogens is 1. The van der Waals surface area contributed by atoms with Crippen LogP contribution >= 0.6 is 11.6 Å². The van der Waals surface area contributed by atoms with Crippen LogP contribution in [0.15, 0.2) is 59.6 Å². The SMILES string of the molecule is CCOc1ncccc1C1C(=O)[N+](C(N)=O)(S(=O)(=O)c2ccc(OC)cc2OC)c2ccc(Cl)cc21. The molecule has 0 aliphatic carbocycles. The van der Waals surface area contributed by atoms with Gasteiger partial charge >= 0.3 is 22.0 Å². The average Bonchev–Trinajstić information content (AvgIpc) is 3.12. The summed E-state index contributed by atoms with van der Waals surface area (Å²) >= 11 is 6.25. The second-order valence-corrected chi connectivity index (χ2v) is 10.1. The van der Waals surface area contributed by atoms with Crippen molar-refractivity contribution in [1.29, 1.82) is 0 Å². The van der Waals surface area contributed by atoms with Crippen molar-refractivity contribution in [2.75, 3.05) is 20.8 Å². The van der Waals surface area contributed by atoms with Gasteiger partial charge in [0.1, 0.15) is 17.4 Å². The van der Waals surface area contributed by atoms with Crippen molar-refractivity contribution in [3.63, 3.8) is 0 Å². The van der Waals surface area contributed by atoms with Gasteiger partial charge in [0.25, 0.3) is 0 Å². The first kappa shape index (κ1) is 25.4. The third-order valence-electron chi connectivity index (χ3n) is 5.91. The minimum absolute atomic E-state index is 0.119. The predicted molar refractivity (Wildman–Crippen MR) is 132 cm³/mol. The molecule has 1 aliphatic heterocycles. The maximum atomic E-state index is 14.3. The molecule has 2 unspecified atom stereocenters. The van der Waals surface area contributed by atoms with Crippen molar-refractivity contribution in [3.8, 4) is 17.4 Å². The second kappa shape index (κ2) is 9.41. The normalized spacial score (nSPS) is 19.0. The number of methoxy groups -OCH3 is 2. The van der Waals surface area contributed by atoms with E-state index >= 15 is 0 Å². The molecule has 4 rings (SSSR count). The number of ether oxygens (including phenoxy) is 3. The van der Waals surface area contributed by atoms with Crippen LogP contribution in [0.25, 0.3) is 0 Å². The van der Waals surface area contributed by atoms with Gasteiger partial charge < -0.3 is 19.9 Å². The molecule has 0 saturated carbocycles. The molecule has 0 fully saturated rings. The topological polar surface area (TPSA) is 135 Å². The number of hydrogen-bond acceptors (Lipinski definition) is 8. The number of fused-ring (bicyclic) bond motifs is 1. The van der Waals surface area contributed by atoms with Gasteiger partial charge in [-0.15, -0.1) is 0 Å². The van der Waals surface area contributed by atoms with Gasteiger partial charge in [0.2, 0.25) is 5.88 Å². The fourth-order valence-corrected chi connectivity index (χ4v) is 6.50. The van der Waals surface area contributed by atoms with Gasteiger partial charge in [-0.1, -0.05) is 17.7 Å². The smallest absolute Gasteiger partial charge is 0.442 e. The third kappa shape index (κ3) is 3.58. The van der Waals surface area contributed by atoms with E-state index in [1.807, 2.05) is 0 Å². The summed E-state index contributed by atoms with van der Waals surface area (Å²) in [6, 6.07) is 9.78. The lowest BCUT2D eigenvalue weighted by molar-refractivity contribution is -0.123. The van der Waals surface area contributed by atoms with Crippen molar-refractivity contribution >= 4 is 39.2 Å². The van der Waals surface area contributed by atoms with Crippen molar-refractivity contribution < 1.29 is 32.2 Å². The summed E-state index contributed by atoms with van der Waals surface area (Å²) in [7, 11) is -2.22. The number of nitrogens with zero attached hydrogens (tertiary/aromatic N) is 2. The number of carbonyl (C=O) groups is 2. The first-order chi connectivity index (χ1) is 17.1. The van der Waals surface area contributed by atoms with Crippen LogP contribution in [0.5, 0.6) is 17.4 Å². The van der Waals surface area contributed by atoms with E-state index in [0.29, 0.717) is 5.75 Å². The lowest BCUT2D eigenvalue weighted by Crippen LogP contribution is -2.63. The van der Waals surface area contributed by atoms with E-state index in [1.165, 1.54) is 56.8 Å². The highest BCUT2D eigenvalue weighted by atomic mass is 35.5. The van der Waals surface area contributed by atoms with E-state index in [-0.39, 0.29) is 40.1 Å². The highest BCUT2D eigenvalue weighted by Crippen LogP contribution is 2.52. The van der Waals surface area contributed by atoms with Gasteiger partial charge in [0.05, 0.1) is 20.8 Å². The van der Waals surface area contributed by atoms with Gasteiger partial charge in [-0.3, -0.25) is 0 Å². The Kier molecular flexibility index (Phi) is 6.65. The lowest BCUT2D eigenvalue weighted by atomic mass is 9.93. The Morgan fingerprint density at radius 3 is 2.50 bits per heavy atom. The van der Waals surface area contributed by atoms with E-state index in [1.54, 1.807) is 19.1 Å². The lowest BCUT2D eigenvalue weighted by Gasteiger charge is -2.27. The summed E-state index contributed by atoms with van der Waals surface area (Å²) in [6.07, 6.45) is 1.47. The minimum atomic E-state index is -4.88. The van der Waals surface area contributed by atoms with Crippen molar-refractivity contribution in [2.24, 2.45) is 5.73 Å². The molecule has 0 bridgehead atoms. The van der Waals surface area contributed by atoms with Crippen LogP contribution in [0.3, 0.4) is 0 Å². The number of quaternary nitrogens is 1. The number of primary amides is 1. The molecule has 2 heterocycles. The number of benzene rings is 2. The number of pyridine rings is 1. The Morgan fingerprint density at radius 1 is 1.11 bits per heavy atom. The summed E-state index contributed by atoms with van der Waals surface area (Å²) in [6.45, 7) is 1.98. The summed E-state index contributed by atoms with van der Waals surface area (Å²) in [5, 5.41) is 0.234. The van der Waals surface area contributed by atoms with E-state index in [0.717, 1.165) is 0 Å². The molecule has 3 amide bonds. The zero-order valence-corrected chi connectivity index (χ0v) is 21.2. The molecule has 0 spiro atoms. The maximum Gasteiger partial charge on any atom is 0.442 e. The van der Waals surface area contributed by atoms with Crippen LogP contribution in [0.1, 0.15) is 24.0 Å². The van der Waals surface area contributed by atoms with E-state index < -0.39 is 36.7 Å². The van der Waals surface area contributed by atoms with Crippen LogP contribution in [-0.2, 0) is 14.8 Å². The number of amides is 3. The number of nitrogens with two attached hydrogens (primary N) is 1. The van der Waals surface area contributed by atoms with Gasteiger partial charge in [-0.05, 0) is 41.1 Å². The fraction of sp³-hybridized carbons (Fsp3) is 0.208. The molecule has 2 atom stereocenters. The number of hydrogen-bond donors (Lipinski definition) is 1. The first-order valence-electron chi connectivity index (χ1n) is 10.7. The van der Waals surface area contributed by atoms with E-state index in [2.05, 4.69) is 4.98 Å². The molecule has 36 heavy (non-hydrogen) atoms. The molecular formula is C24H23ClN3O7S+. The first-order valence-corrected chi connectivity index (χ1v) is 12.5. The molecule has 188 valence electrons. The Hall–Kier alpha value is -3.67. The highest BCUT2D eigenvalue weighted by molar-refractivity contribution is 7.92. The Bertz CT molecular complexity index is 1480. The summed E-state index contributed by atoms with van der Waals surface area (Å²) in [5.41, 5.74) is 6.09.